The van der Waals surface area contributed by atoms with Crippen molar-refractivity contribution < 1.29 is 19.1 Å². The van der Waals surface area contributed by atoms with Crippen LogP contribution in [0.15, 0.2) is 24.3 Å². The molecule has 0 unspecified atom stereocenters. The minimum Gasteiger partial charge on any atom is -0.465 e. The minimum absolute atomic E-state index is 0.180. The third-order valence-electron chi connectivity index (χ3n) is 4.42. The molecule has 0 aliphatic heterocycles. The van der Waals surface area contributed by atoms with Crippen LogP contribution in [-0.2, 0) is 17.6 Å². The highest BCUT2D eigenvalue weighted by Gasteiger charge is 2.26. The van der Waals surface area contributed by atoms with Gasteiger partial charge < -0.3 is 15.4 Å². The van der Waals surface area contributed by atoms with Gasteiger partial charge >= 0.3 is 5.97 Å². The van der Waals surface area contributed by atoms with Gasteiger partial charge in [-0.05, 0) is 55.5 Å². The Morgan fingerprint density at radius 1 is 1.00 bits per heavy atom. The van der Waals surface area contributed by atoms with Gasteiger partial charge in [0.2, 0.25) is 0 Å². The van der Waals surface area contributed by atoms with Gasteiger partial charge in [-0.2, -0.15) is 0 Å². The van der Waals surface area contributed by atoms with Crippen molar-refractivity contribution in [2.75, 3.05) is 19.5 Å². The molecule has 1 heterocycles. The molecule has 1 aliphatic rings. The van der Waals surface area contributed by atoms with E-state index in [0.717, 1.165) is 31.2 Å². The Morgan fingerprint density at radius 2 is 1.65 bits per heavy atom. The Labute approximate surface area is 155 Å². The van der Waals surface area contributed by atoms with Crippen molar-refractivity contribution in [3.05, 3.63) is 51.4 Å². The average molecular weight is 372 g/mol. The highest BCUT2D eigenvalue weighted by molar-refractivity contribution is 7.17. The van der Waals surface area contributed by atoms with Crippen LogP contribution in [0.4, 0.5) is 5.00 Å². The fourth-order valence-electron chi connectivity index (χ4n) is 3.07. The number of hydrogen-bond acceptors (Lipinski definition) is 5. The first-order valence-corrected chi connectivity index (χ1v) is 9.23. The van der Waals surface area contributed by atoms with E-state index in [9.17, 15) is 14.4 Å². The predicted molar refractivity (Wildman–Crippen MR) is 100 cm³/mol. The van der Waals surface area contributed by atoms with E-state index in [1.807, 2.05) is 0 Å². The number of methoxy groups -OCH3 is 1. The number of carbonyl (C=O) groups is 3. The van der Waals surface area contributed by atoms with Gasteiger partial charge in [0.05, 0.1) is 18.2 Å². The Bertz CT molecular complexity index is 855. The van der Waals surface area contributed by atoms with Crippen LogP contribution in [-0.4, -0.2) is 31.9 Å². The molecule has 2 aromatic rings. The highest BCUT2D eigenvalue weighted by atomic mass is 32.1. The number of amides is 2. The van der Waals surface area contributed by atoms with Crippen LogP contribution < -0.4 is 10.6 Å². The van der Waals surface area contributed by atoms with E-state index in [-0.39, 0.29) is 11.8 Å². The number of rotatable bonds is 4. The van der Waals surface area contributed by atoms with Crippen LogP contribution in [0.1, 0.15) is 54.4 Å². The highest BCUT2D eigenvalue weighted by Crippen LogP contribution is 2.38. The van der Waals surface area contributed by atoms with E-state index in [4.69, 9.17) is 0 Å². The Balaban J connectivity index is 1.86. The van der Waals surface area contributed by atoms with Crippen molar-refractivity contribution in [1.82, 2.24) is 5.32 Å². The second kappa shape index (κ2) is 7.70. The number of benzene rings is 1. The molecule has 26 heavy (non-hydrogen) atoms. The second-order valence-electron chi connectivity index (χ2n) is 6.02. The second-order valence-corrected chi connectivity index (χ2v) is 7.12. The van der Waals surface area contributed by atoms with Crippen LogP contribution in [0.25, 0.3) is 0 Å². The molecule has 2 N–H and O–H groups in total. The molecule has 3 rings (SSSR count). The molecule has 6 nitrogen and oxygen atoms in total. The zero-order valence-corrected chi connectivity index (χ0v) is 15.5. The third kappa shape index (κ3) is 3.48. The molecule has 2 amide bonds. The summed E-state index contributed by atoms with van der Waals surface area (Å²) in [5, 5.41) is 6.11. The lowest BCUT2D eigenvalue weighted by Crippen LogP contribution is -2.22. The van der Waals surface area contributed by atoms with Crippen LogP contribution >= 0.6 is 11.3 Å². The molecule has 0 fully saturated rings. The topological polar surface area (TPSA) is 84.5 Å². The van der Waals surface area contributed by atoms with Crippen LogP contribution in [0.5, 0.6) is 0 Å². The van der Waals surface area contributed by atoms with Crippen molar-refractivity contribution in [2.45, 2.75) is 25.7 Å². The van der Waals surface area contributed by atoms with Gasteiger partial charge in [0, 0.05) is 17.5 Å². The molecular weight excluding hydrogens is 352 g/mol. The van der Waals surface area contributed by atoms with Gasteiger partial charge in [0.15, 0.2) is 0 Å². The average Bonchev–Trinajstić information content (AvgIpc) is 3.04. The van der Waals surface area contributed by atoms with Crippen molar-refractivity contribution >= 4 is 34.1 Å². The first-order chi connectivity index (χ1) is 12.5. The molecule has 0 radical (unpaired) electrons. The Hall–Kier alpha value is -2.67. The van der Waals surface area contributed by atoms with Gasteiger partial charge in [0.25, 0.3) is 11.8 Å². The van der Waals surface area contributed by atoms with Crippen LogP contribution in [0, 0.1) is 0 Å². The normalized spacial score (nSPS) is 12.8. The SMILES string of the molecule is CNC(=O)c1c(NC(=O)c2ccc(C(=O)OC)cc2)sc2c1CCCC2. The molecule has 1 aliphatic carbocycles. The molecule has 1 aromatic carbocycles. The minimum atomic E-state index is -0.454. The lowest BCUT2D eigenvalue weighted by molar-refractivity contribution is 0.0600. The monoisotopic (exact) mass is 372 g/mol. The van der Waals surface area contributed by atoms with E-state index in [1.165, 1.54) is 23.3 Å². The number of fused-ring (bicyclic) bond motifs is 1. The maximum Gasteiger partial charge on any atom is 0.337 e. The molecular formula is C19H20N2O4S. The van der Waals surface area contributed by atoms with Gasteiger partial charge in [0.1, 0.15) is 5.00 Å². The van der Waals surface area contributed by atoms with E-state index < -0.39 is 5.97 Å². The van der Waals surface area contributed by atoms with E-state index in [0.29, 0.717) is 21.7 Å². The summed E-state index contributed by atoms with van der Waals surface area (Å²) in [5.74, 6) is -0.948. The van der Waals surface area contributed by atoms with Crippen molar-refractivity contribution in [3.63, 3.8) is 0 Å². The fraction of sp³-hybridized carbons (Fsp3) is 0.316. The molecule has 7 heteroatoms. The van der Waals surface area contributed by atoms with Crippen LogP contribution in [0.3, 0.4) is 0 Å². The summed E-state index contributed by atoms with van der Waals surface area (Å²) < 4.78 is 4.65. The summed E-state index contributed by atoms with van der Waals surface area (Å²) >= 11 is 1.47. The molecule has 0 bridgehead atoms. The molecule has 0 spiro atoms. The number of thiophene rings is 1. The summed E-state index contributed by atoms with van der Waals surface area (Å²) in [4.78, 5) is 37.6. The van der Waals surface area contributed by atoms with Crippen molar-refractivity contribution in [1.29, 1.82) is 0 Å². The summed E-state index contributed by atoms with van der Waals surface area (Å²) in [7, 11) is 2.90. The van der Waals surface area contributed by atoms with Gasteiger partial charge in [-0.1, -0.05) is 0 Å². The number of aryl methyl sites for hydroxylation is 1. The molecule has 0 atom stereocenters. The van der Waals surface area contributed by atoms with Crippen molar-refractivity contribution in [2.24, 2.45) is 0 Å². The van der Waals surface area contributed by atoms with E-state index in [2.05, 4.69) is 15.4 Å². The quantitative estimate of drug-likeness (QED) is 0.808. The van der Waals surface area contributed by atoms with E-state index in [1.54, 1.807) is 31.3 Å². The number of esters is 1. The summed E-state index contributed by atoms with van der Waals surface area (Å²) in [6.07, 6.45) is 3.95. The lowest BCUT2D eigenvalue weighted by Gasteiger charge is -2.12. The zero-order valence-electron chi connectivity index (χ0n) is 14.7. The predicted octanol–water partition coefficient (Wildman–Crippen LogP) is 3.03. The van der Waals surface area contributed by atoms with Crippen LogP contribution in [0.2, 0.25) is 0 Å². The number of ether oxygens (including phenoxy) is 1. The number of nitrogens with one attached hydrogen (secondary N) is 2. The van der Waals surface area contributed by atoms with Gasteiger partial charge in [-0.3, -0.25) is 9.59 Å². The largest absolute Gasteiger partial charge is 0.465 e. The molecule has 136 valence electrons. The van der Waals surface area contributed by atoms with Gasteiger partial charge in [-0.25, -0.2) is 4.79 Å². The fourth-order valence-corrected chi connectivity index (χ4v) is 4.35. The summed E-state index contributed by atoms with van der Waals surface area (Å²) in [6, 6.07) is 6.21. The zero-order chi connectivity index (χ0) is 18.7. The maximum atomic E-state index is 12.6. The molecule has 0 saturated carbocycles. The smallest absolute Gasteiger partial charge is 0.337 e. The standard InChI is InChI=1S/C19H20N2O4S/c1-20-17(23)15-13-5-3-4-6-14(13)26-18(15)21-16(22)11-7-9-12(10-8-11)19(24)25-2/h7-10H,3-6H2,1-2H3,(H,20,23)(H,21,22). The molecule has 0 saturated heterocycles. The first-order valence-electron chi connectivity index (χ1n) is 8.41. The number of anilines is 1. The van der Waals surface area contributed by atoms with E-state index >= 15 is 0 Å². The summed E-state index contributed by atoms with van der Waals surface area (Å²) in [5.41, 5.74) is 2.41. The Morgan fingerprint density at radius 3 is 2.31 bits per heavy atom. The van der Waals surface area contributed by atoms with Crippen molar-refractivity contribution in [3.8, 4) is 0 Å². The maximum absolute atomic E-state index is 12.6. The molecule has 1 aromatic heterocycles. The van der Waals surface area contributed by atoms with Gasteiger partial charge in [-0.15, -0.1) is 11.3 Å². The third-order valence-corrected chi connectivity index (χ3v) is 5.63. The summed E-state index contributed by atoms with van der Waals surface area (Å²) in [6.45, 7) is 0. The number of carbonyl (C=O) groups excluding carboxylic acids is 3. The first kappa shape index (κ1) is 18.1. The lowest BCUT2D eigenvalue weighted by atomic mass is 9.95. The number of hydrogen-bond donors (Lipinski definition) is 2. The Kier molecular flexibility index (Phi) is 5.37.